The Balaban J connectivity index is 1.70. The molecule has 1 aromatic heterocycles. The van der Waals surface area contributed by atoms with Gasteiger partial charge in [-0.25, -0.2) is 4.98 Å². The quantitative estimate of drug-likeness (QED) is 0.207. The van der Waals surface area contributed by atoms with E-state index < -0.39 is 11.8 Å². The van der Waals surface area contributed by atoms with E-state index in [0.29, 0.717) is 46.2 Å². The molecule has 33 heavy (non-hydrogen) atoms. The molecule has 10 heteroatoms. The second-order valence-corrected chi connectivity index (χ2v) is 8.82. The van der Waals surface area contributed by atoms with Crippen LogP contribution >= 0.6 is 23.4 Å². The van der Waals surface area contributed by atoms with E-state index in [0.717, 1.165) is 11.8 Å². The first-order valence-electron chi connectivity index (χ1n) is 10.4. The molecule has 3 rings (SSSR count). The van der Waals surface area contributed by atoms with Crippen molar-refractivity contribution < 1.29 is 14.3 Å². The molecule has 8 nitrogen and oxygen atoms in total. The van der Waals surface area contributed by atoms with E-state index in [1.54, 1.807) is 53.1 Å². The molecule has 174 valence electrons. The number of hydrogen-bond acceptors (Lipinski definition) is 6. The lowest BCUT2D eigenvalue weighted by molar-refractivity contribution is -0.119. The van der Waals surface area contributed by atoms with E-state index in [1.807, 2.05) is 13.8 Å². The first-order chi connectivity index (χ1) is 15.8. The van der Waals surface area contributed by atoms with Gasteiger partial charge in [0.25, 0.3) is 11.5 Å². The van der Waals surface area contributed by atoms with Gasteiger partial charge in [-0.1, -0.05) is 41.6 Å². The van der Waals surface area contributed by atoms with Crippen LogP contribution in [0.2, 0.25) is 5.02 Å². The van der Waals surface area contributed by atoms with E-state index in [1.165, 1.54) is 0 Å². The van der Waals surface area contributed by atoms with Crippen LogP contribution in [0, 0.1) is 0 Å². The van der Waals surface area contributed by atoms with Crippen LogP contribution in [-0.2, 0) is 16.1 Å². The Hall–Kier alpha value is -2.88. The molecular weight excluding hydrogens is 464 g/mol. The molecule has 0 atom stereocenters. The summed E-state index contributed by atoms with van der Waals surface area (Å²) in [7, 11) is 0. The van der Waals surface area contributed by atoms with Crippen LogP contribution in [0.1, 0.15) is 30.6 Å². The van der Waals surface area contributed by atoms with Crippen molar-refractivity contribution in [3.05, 3.63) is 69.5 Å². The first kappa shape index (κ1) is 24.8. The molecule has 3 aromatic rings. The number of benzene rings is 2. The minimum Gasteiger partial charge on any atom is -0.379 e. The molecule has 1 heterocycles. The number of amides is 2. The SMILES string of the molecule is CC(C)OCCCn1c(SCC(=O)NNC(=O)c2ccccc2)nc2cc(Cl)ccc2c1=O. The van der Waals surface area contributed by atoms with Crippen molar-refractivity contribution in [2.75, 3.05) is 12.4 Å². The van der Waals surface area contributed by atoms with Crippen LogP contribution in [0.5, 0.6) is 0 Å². The highest BCUT2D eigenvalue weighted by Crippen LogP contribution is 2.20. The number of thioether (sulfide) groups is 1. The predicted octanol–water partition coefficient (Wildman–Crippen LogP) is 3.42. The minimum absolute atomic E-state index is 0.0456. The van der Waals surface area contributed by atoms with Crippen LogP contribution in [0.4, 0.5) is 0 Å². The van der Waals surface area contributed by atoms with Crippen LogP contribution in [0.3, 0.4) is 0 Å². The summed E-state index contributed by atoms with van der Waals surface area (Å²) in [5, 5.41) is 1.31. The number of hydrazine groups is 1. The Labute approximate surface area is 200 Å². The van der Waals surface area contributed by atoms with Crippen molar-refractivity contribution in [3.63, 3.8) is 0 Å². The number of aromatic nitrogens is 2. The topological polar surface area (TPSA) is 102 Å². The van der Waals surface area contributed by atoms with Crippen molar-refractivity contribution >= 4 is 46.1 Å². The van der Waals surface area contributed by atoms with Crippen molar-refractivity contribution in [3.8, 4) is 0 Å². The van der Waals surface area contributed by atoms with E-state index >= 15 is 0 Å². The molecule has 0 aliphatic carbocycles. The predicted molar refractivity (Wildman–Crippen MR) is 129 cm³/mol. The van der Waals surface area contributed by atoms with Crippen LogP contribution < -0.4 is 16.4 Å². The average Bonchev–Trinajstić information content (AvgIpc) is 2.80. The van der Waals surface area contributed by atoms with E-state index in [-0.39, 0.29) is 17.4 Å². The highest BCUT2D eigenvalue weighted by Gasteiger charge is 2.14. The molecule has 2 N–H and O–H groups in total. The first-order valence-corrected chi connectivity index (χ1v) is 11.8. The van der Waals surface area contributed by atoms with Crippen molar-refractivity contribution in [2.24, 2.45) is 0 Å². The number of nitrogens with zero attached hydrogens (tertiary/aromatic N) is 2. The standard InChI is InChI=1S/C23H25ClN4O4S/c1-15(2)32-12-6-11-28-22(31)18-10-9-17(24)13-19(18)25-23(28)33-14-20(29)26-27-21(30)16-7-4-3-5-8-16/h3-5,7-10,13,15H,6,11-12,14H2,1-2H3,(H,26,29)(H,27,30). The Morgan fingerprint density at radius 1 is 1.15 bits per heavy atom. The van der Waals surface area contributed by atoms with Gasteiger partial charge in [0.15, 0.2) is 5.16 Å². The fourth-order valence-electron chi connectivity index (χ4n) is 2.98. The molecule has 0 spiro atoms. The Morgan fingerprint density at radius 3 is 2.64 bits per heavy atom. The molecule has 0 fully saturated rings. The molecule has 0 saturated carbocycles. The largest absolute Gasteiger partial charge is 0.379 e. The Bertz CT molecular complexity index is 1180. The Morgan fingerprint density at radius 2 is 1.91 bits per heavy atom. The molecule has 2 amide bonds. The number of nitrogens with one attached hydrogen (secondary N) is 2. The van der Waals surface area contributed by atoms with Crippen LogP contribution in [0.25, 0.3) is 10.9 Å². The summed E-state index contributed by atoms with van der Waals surface area (Å²) >= 11 is 7.17. The van der Waals surface area contributed by atoms with Crippen molar-refractivity contribution in [1.29, 1.82) is 0 Å². The maximum atomic E-state index is 13.1. The zero-order chi connectivity index (χ0) is 23.8. The number of ether oxygens (including phenoxy) is 1. The fourth-order valence-corrected chi connectivity index (χ4v) is 3.97. The fraction of sp³-hybridized carbons (Fsp3) is 0.304. The smallest absolute Gasteiger partial charge is 0.269 e. The van der Waals surface area contributed by atoms with Gasteiger partial charge in [-0.3, -0.25) is 29.8 Å². The maximum Gasteiger partial charge on any atom is 0.269 e. The van der Waals surface area contributed by atoms with Gasteiger partial charge in [0.1, 0.15) is 0 Å². The van der Waals surface area contributed by atoms with Crippen molar-refractivity contribution in [2.45, 2.75) is 38.1 Å². The van der Waals surface area contributed by atoms with Gasteiger partial charge in [-0.05, 0) is 50.6 Å². The van der Waals surface area contributed by atoms with E-state index in [2.05, 4.69) is 15.8 Å². The van der Waals surface area contributed by atoms with Gasteiger partial charge >= 0.3 is 0 Å². The summed E-state index contributed by atoms with van der Waals surface area (Å²) in [4.78, 5) is 42.0. The zero-order valence-electron chi connectivity index (χ0n) is 18.3. The molecule has 0 aliphatic rings. The lowest BCUT2D eigenvalue weighted by Crippen LogP contribution is -2.42. The molecule has 2 aromatic carbocycles. The van der Waals surface area contributed by atoms with Gasteiger partial charge in [0.2, 0.25) is 5.91 Å². The van der Waals surface area contributed by atoms with Crippen molar-refractivity contribution in [1.82, 2.24) is 20.4 Å². The number of rotatable bonds is 9. The number of hydrogen-bond donors (Lipinski definition) is 2. The third-order valence-corrected chi connectivity index (χ3v) is 5.75. The zero-order valence-corrected chi connectivity index (χ0v) is 19.9. The highest BCUT2D eigenvalue weighted by molar-refractivity contribution is 7.99. The van der Waals surface area contributed by atoms with Crippen LogP contribution in [-0.4, -0.2) is 39.8 Å². The van der Waals surface area contributed by atoms with Gasteiger partial charge in [0.05, 0.1) is 22.8 Å². The van der Waals surface area contributed by atoms with Gasteiger partial charge < -0.3 is 4.74 Å². The normalized spacial score (nSPS) is 11.0. The second-order valence-electron chi connectivity index (χ2n) is 7.44. The van der Waals surface area contributed by atoms with Gasteiger partial charge in [-0.2, -0.15) is 0 Å². The number of carbonyl (C=O) groups is 2. The maximum absolute atomic E-state index is 13.1. The third kappa shape index (κ3) is 7.05. The second kappa shape index (κ2) is 11.8. The summed E-state index contributed by atoms with van der Waals surface area (Å²) in [6, 6.07) is 13.5. The van der Waals surface area contributed by atoms with E-state index in [9.17, 15) is 14.4 Å². The average molecular weight is 489 g/mol. The van der Waals surface area contributed by atoms with Gasteiger partial charge in [-0.15, -0.1) is 0 Å². The molecule has 0 bridgehead atoms. The van der Waals surface area contributed by atoms with Crippen LogP contribution in [0.15, 0.2) is 58.5 Å². The van der Waals surface area contributed by atoms with Gasteiger partial charge in [0, 0.05) is 23.7 Å². The number of halogens is 1. The Kier molecular flexibility index (Phi) is 8.87. The lowest BCUT2D eigenvalue weighted by atomic mass is 10.2. The third-order valence-electron chi connectivity index (χ3n) is 4.54. The highest BCUT2D eigenvalue weighted by atomic mass is 35.5. The summed E-state index contributed by atoms with van der Waals surface area (Å²) in [6.45, 7) is 4.79. The summed E-state index contributed by atoms with van der Waals surface area (Å²) < 4.78 is 7.11. The number of carbonyl (C=O) groups excluding carboxylic acids is 2. The lowest BCUT2D eigenvalue weighted by Gasteiger charge is -2.14. The minimum atomic E-state index is -0.431. The molecule has 0 saturated heterocycles. The molecule has 0 aliphatic heterocycles. The number of fused-ring (bicyclic) bond motifs is 1. The molecule has 0 radical (unpaired) electrons. The molecule has 0 unspecified atom stereocenters. The summed E-state index contributed by atoms with van der Waals surface area (Å²) in [5.74, 6) is -0.898. The summed E-state index contributed by atoms with van der Waals surface area (Å²) in [6.07, 6.45) is 0.716. The monoisotopic (exact) mass is 488 g/mol. The molecular formula is C23H25ClN4O4S. The van der Waals surface area contributed by atoms with E-state index in [4.69, 9.17) is 16.3 Å². The summed E-state index contributed by atoms with van der Waals surface area (Å²) in [5.41, 5.74) is 5.44.